The zero-order chi connectivity index (χ0) is 20.8. The number of anilines is 1. The van der Waals surface area contributed by atoms with E-state index in [0.29, 0.717) is 19.0 Å². The van der Waals surface area contributed by atoms with Crippen LogP contribution in [-0.4, -0.2) is 59.8 Å². The Labute approximate surface area is 175 Å². The highest BCUT2D eigenvalue weighted by Gasteiger charge is 2.29. The average molecular weight is 397 g/mol. The van der Waals surface area contributed by atoms with Crippen molar-refractivity contribution in [3.63, 3.8) is 0 Å². The maximum absolute atomic E-state index is 12.6. The Bertz CT molecular complexity index is 795. The van der Waals surface area contributed by atoms with E-state index in [1.54, 1.807) is 9.80 Å². The largest absolute Gasteiger partial charge is 0.378 e. The number of nitrogens with zero attached hydrogens (tertiary/aromatic N) is 1. The Morgan fingerprint density at radius 3 is 2.38 bits per heavy atom. The molecule has 2 aromatic carbocycles. The molecule has 156 valence electrons. The summed E-state index contributed by atoms with van der Waals surface area (Å²) in [6, 6.07) is 17.3. The fourth-order valence-electron chi connectivity index (χ4n) is 4.13. The van der Waals surface area contributed by atoms with Crippen molar-refractivity contribution in [1.82, 2.24) is 5.32 Å². The SMILES string of the molecule is Cc1cccc(CC(=O)NC[C@H](c2ccc(N(C)C)cc2)[NH+]2CC[NH+](C)CC2)c1. The standard InChI is InChI=1S/C24H34N4O/c1-19-6-5-7-20(16-19)17-24(29)25-18-23(28-14-12-27(4)13-15-28)21-8-10-22(11-9-21)26(2)3/h5-11,16,23H,12-15,17-18H2,1-4H3,(H,25,29)/p+2/t23-/m1/s1. The minimum Gasteiger partial charge on any atom is -0.378 e. The number of benzene rings is 2. The fourth-order valence-corrected chi connectivity index (χ4v) is 4.13. The van der Waals surface area contributed by atoms with Gasteiger partial charge in [0.2, 0.25) is 5.91 Å². The van der Waals surface area contributed by atoms with E-state index in [1.165, 1.54) is 29.9 Å². The number of amides is 1. The van der Waals surface area contributed by atoms with Gasteiger partial charge in [-0.2, -0.15) is 0 Å². The molecule has 3 N–H and O–H groups in total. The van der Waals surface area contributed by atoms with Crippen LogP contribution in [0.25, 0.3) is 0 Å². The molecule has 1 amide bonds. The molecule has 1 saturated heterocycles. The summed E-state index contributed by atoms with van der Waals surface area (Å²) in [5.41, 5.74) is 4.78. The molecular weight excluding hydrogens is 360 g/mol. The molecule has 1 atom stereocenters. The van der Waals surface area contributed by atoms with Crippen LogP contribution in [0.15, 0.2) is 48.5 Å². The van der Waals surface area contributed by atoms with Crippen LogP contribution in [0.3, 0.4) is 0 Å². The summed E-state index contributed by atoms with van der Waals surface area (Å²) in [6.07, 6.45) is 0.441. The van der Waals surface area contributed by atoms with Gasteiger partial charge in [0.05, 0.1) is 20.0 Å². The van der Waals surface area contributed by atoms with Gasteiger partial charge in [-0.15, -0.1) is 0 Å². The first-order chi connectivity index (χ1) is 13.9. The summed E-state index contributed by atoms with van der Waals surface area (Å²) in [6.45, 7) is 7.38. The van der Waals surface area contributed by atoms with Gasteiger partial charge in [0.1, 0.15) is 32.2 Å². The summed E-state index contributed by atoms with van der Waals surface area (Å²) in [5.74, 6) is 0.102. The number of quaternary nitrogens is 2. The van der Waals surface area contributed by atoms with E-state index in [2.05, 4.69) is 74.7 Å². The molecule has 0 unspecified atom stereocenters. The van der Waals surface area contributed by atoms with Crippen molar-refractivity contribution in [1.29, 1.82) is 0 Å². The second-order valence-corrected chi connectivity index (χ2v) is 8.62. The third-order valence-corrected chi connectivity index (χ3v) is 6.00. The predicted molar refractivity (Wildman–Crippen MR) is 119 cm³/mol. The van der Waals surface area contributed by atoms with Gasteiger partial charge >= 0.3 is 0 Å². The first-order valence-electron chi connectivity index (χ1n) is 10.7. The van der Waals surface area contributed by atoms with Crippen LogP contribution in [-0.2, 0) is 11.2 Å². The van der Waals surface area contributed by atoms with E-state index >= 15 is 0 Å². The monoisotopic (exact) mass is 396 g/mol. The summed E-state index contributed by atoms with van der Waals surface area (Å²) < 4.78 is 0. The van der Waals surface area contributed by atoms with E-state index in [1.807, 2.05) is 12.1 Å². The highest BCUT2D eigenvalue weighted by atomic mass is 16.1. The molecule has 5 nitrogen and oxygen atoms in total. The number of rotatable bonds is 7. The lowest BCUT2D eigenvalue weighted by Gasteiger charge is -2.33. The molecule has 0 saturated carbocycles. The molecule has 29 heavy (non-hydrogen) atoms. The second kappa shape index (κ2) is 9.90. The Morgan fingerprint density at radius 1 is 1.07 bits per heavy atom. The third kappa shape index (κ3) is 6.05. The summed E-state index contributed by atoms with van der Waals surface area (Å²) in [4.78, 5) is 17.9. The average Bonchev–Trinajstić information content (AvgIpc) is 2.70. The van der Waals surface area contributed by atoms with Gasteiger partial charge in [0, 0.05) is 25.3 Å². The van der Waals surface area contributed by atoms with E-state index in [4.69, 9.17) is 0 Å². The van der Waals surface area contributed by atoms with Crippen LogP contribution in [0, 0.1) is 6.92 Å². The first kappa shape index (κ1) is 21.3. The number of carbonyl (C=O) groups is 1. The summed E-state index contributed by atoms with van der Waals surface area (Å²) in [5, 5.41) is 3.22. The Hall–Kier alpha value is -2.37. The maximum Gasteiger partial charge on any atom is 0.224 e. The van der Waals surface area contributed by atoms with Crippen LogP contribution >= 0.6 is 0 Å². The van der Waals surface area contributed by atoms with Crippen molar-refractivity contribution in [2.24, 2.45) is 0 Å². The smallest absolute Gasteiger partial charge is 0.224 e. The van der Waals surface area contributed by atoms with E-state index in [-0.39, 0.29) is 5.91 Å². The maximum atomic E-state index is 12.6. The molecular formula is C24H36N4O+2. The lowest BCUT2D eigenvalue weighted by Crippen LogP contribution is -3.27. The Kier molecular flexibility index (Phi) is 7.29. The lowest BCUT2D eigenvalue weighted by atomic mass is 10.0. The molecule has 1 fully saturated rings. The van der Waals surface area contributed by atoms with Crippen LogP contribution < -0.4 is 20.0 Å². The number of likely N-dealkylation sites (N-methyl/N-ethyl adjacent to an activating group) is 1. The topological polar surface area (TPSA) is 41.2 Å². The number of piperazine rings is 1. The van der Waals surface area contributed by atoms with Gasteiger partial charge in [-0.05, 0) is 24.6 Å². The van der Waals surface area contributed by atoms with Crippen molar-refractivity contribution in [2.45, 2.75) is 19.4 Å². The molecule has 3 rings (SSSR count). The van der Waals surface area contributed by atoms with Crippen molar-refractivity contribution in [2.75, 3.05) is 58.8 Å². The van der Waals surface area contributed by atoms with Crippen LogP contribution in [0.5, 0.6) is 0 Å². The van der Waals surface area contributed by atoms with Crippen molar-refractivity contribution in [3.05, 3.63) is 65.2 Å². The Balaban J connectivity index is 1.68. The number of nitrogens with one attached hydrogen (secondary N) is 3. The molecule has 0 spiro atoms. The zero-order valence-electron chi connectivity index (χ0n) is 18.3. The van der Waals surface area contributed by atoms with Crippen molar-refractivity contribution in [3.8, 4) is 0 Å². The molecule has 1 heterocycles. The predicted octanol–water partition coefficient (Wildman–Crippen LogP) is -0.126. The van der Waals surface area contributed by atoms with E-state index in [9.17, 15) is 4.79 Å². The van der Waals surface area contributed by atoms with Gasteiger partial charge < -0.3 is 20.0 Å². The second-order valence-electron chi connectivity index (χ2n) is 8.62. The molecule has 5 heteroatoms. The van der Waals surface area contributed by atoms with E-state index < -0.39 is 0 Å². The van der Waals surface area contributed by atoms with Crippen LogP contribution in [0.2, 0.25) is 0 Å². The molecule has 1 aliphatic rings. The van der Waals surface area contributed by atoms with Gasteiger partial charge in [-0.1, -0.05) is 42.0 Å². The number of hydrogen-bond donors (Lipinski definition) is 3. The lowest BCUT2D eigenvalue weighted by molar-refractivity contribution is -1.02. The van der Waals surface area contributed by atoms with Gasteiger partial charge in [-0.25, -0.2) is 0 Å². The first-order valence-corrected chi connectivity index (χ1v) is 10.7. The number of hydrogen-bond acceptors (Lipinski definition) is 2. The normalized spacial score (nSPS) is 20.1. The Morgan fingerprint density at radius 2 is 1.76 bits per heavy atom. The third-order valence-electron chi connectivity index (χ3n) is 6.00. The number of aryl methyl sites for hydroxylation is 1. The number of carbonyl (C=O) groups excluding carboxylic acids is 1. The summed E-state index contributed by atoms with van der Waals surface area (Å²) >= 11 is 0. The summed E-state index contributed by atoms with van der Waals surface area (Å²) in [7, 11) is 6.39. The highest BCUT2D eigenvalue weighted by Crippen LogP contribution is 2.16. The zero-order valence-corrected chi connectivity index (χ0v) is 18.3. The van der Waals surface area contributed by atoms with Crippen LogP contribution in [0.1, 0.15) is 22.7 Å². The van der Waals surface area contributed by atoms with E-state index in [0.717, 1.165) is 18.7 Å². The van der Waals surface area contributed by atoms with Crippen LogP contribution in [0.4, 0.5) is 5.69 Å². The minimum absolute atomic E-state index is 0.102. The quantitative estimate of drug-likeness (QED) is 0.611. The van der Waals surface area contributed by atoms with Crippen molar-refractivity contribution >= 4 is 11.6 Å². The van der Waals surface area contributed by atoms with Gasteiger partial charge in [0.25, 0.3) is 0 Å². The molecule has 0 aromatic heterocycles. The molecule has 1 aliphatic heterocycles. The molecule has 2 aromatic rings. The van der Waals surface area contributed by atoms with Gasteiger partial charge in [0.15, 0.2) is 0 Å². The highest BCUT2D eigenvalue weighted by molar-refractivity contribution is 5.78. The van der Waals surface area contributed by atoms with Gasteiger partial charge in [-0.3, -0.25) is 4.79 Å². The molecule has 0 aliphatic carbocycles. The minimum atomic E-state index is 0.102. The fraction of sp³-hybridized carbons (Fsp3) is 0.458. The molecule has 0 radical (unpaired) electrons. The van der Waals surface area contributed by atoms with Crippen molar-refractivity contribution < 1.29 is 14.6 Å². The molecule has 0 bridgehead atoms.